The molecule has 0 spiro atoms. The van der Waals surface area contributed by atoms with E-state index in [9.17, 15) is 9.59 Å². The van der Waals surface area contributed by atoms with Crippen LogP contribution in [-0.2, 0) is 17.7 Å². The SMILES string of the molecule is CC(C)(C)OC(=O)N1CCc2nc(NC(=O)c3cccc4cn[nH]c34)sc2C1. The van der Waals surface area contributed by atoms with Crippen molar-refractivity contribution < 1.29 is 14.3 Å². The zero-order valence-electron chi connectivity index (χ0n) is 15.9. The highest BCUT2D eigenvalue weighted by Crippen LogP contribution is 2.29. The predicted molar refractivity (Wildman–Crippen MR) is 107 cm³/mol. The molecule has 4 rings (SSSR count). The van der Waals surface area contributed by atoms with E-state index < -0.39 is 5.60 Å². The maximum atomic E-state index is 12.7. The van der Waals surface area contributed by atoms with Crippen LogP contribution < -0.4 is 5.32 Å². The van der Waals surface area contributed by atoms with Crippen LogP contribution in [0.3, 0.4) is 0 Å². The van der Waals surface area contributed by atoms with Gasteiger partial charge in [-0.05, 0) is 26.8 Å². The molecule has 0 unspecified atom stereocenters. The van der Waals surface area contributed by atoms with Crippen LogP contribution in [0.4, 0.5) is 9.93 Å². The molecule has 9 heteroatoms. The summed E-state index contributed by atoms with van der Waals surface area (Å²) in [5.41, 5.74) is 1.59. The molecule has 1 aromatic carbocycles. The number of rotatable bonds is 2. The molecule has 3 heterocycles. The molecule has 0 saturated heterocycles. The van der Waals surface area contributed by atoms with Gasteiger partial charge in [0.1, 0.15) is 5.60 Å². The number of carbonyl (C=O) groups excluding carboxylic acids is 2. The summed E-state index contributed by atoms with van der Waals surface area (Å²) in [6.07, 6.45) is 1.99. The summed E-state index contributed by atoms with van der Waals surface area (Å²) >= 11 is 1.39. The normalized spacial score (nSPS) is 14.0. The average Bonchev–Trinajstić information content (AvgIpc) is 3.25. The van der Waals surface area contributed by atoms with E-state index in [1.807, 2.05) is 32.9 Å². The lowest BCUT2D eigenvalue weighted by Gasteiger charge is -2.29. The Morgan fingerprint density at radius 3 is 2.93 bits per heavy atom. The van der Waals surface area contributed by atoms with E-state index in [1.165, 1.54) is 11.3 Å². The first-order valence-electron chi connectivity index (χ1n) is 9.00. The van der Waals surface area contributed by atoms with E-state index in [4.69, 9.17) is 4.74 Å². The Morgan fingerprint density at radius 2 is 2.14 bits per heavy atom. The first-order valence-corrected chi connectivity index (χ1v) is 9.82. The first-order chi connectivity index (χ1) is 13.3. The summed E-state index contributed by atoms with van der Waals surface area (Å²) in [6, 6.07) is 5.45. The number of hydrogen-bond donors (Lipinski definition) is 2. The average molecular weight is 399 g/mol. The summed E-state index contributed by atoms with van der Waals surface area (Å²) in [7, 11) is 0. The van der Waals surface area contributed by atoms with Gasteiger partial charge in [0.2, 0.25) is 0 Å². The van der Waals surface area contributed by atoms with Crippen molar-refractivity contribution in [2.75, 3.05) is 11.9 Å². The third kappa shape index (κ3) is 3.70. The van der Waals surface area contributed by atoms with Gasteiger partial charge in [0.05, 0.1) is 29.5 Å². The van der Waals surface area contributed by atoms with E-state index in [0.29, 0.717) is 35.7 Å². The summed E-state index contributed by atoms with van der Waals surface area (Å²) in [5, 5.41) is 11.1. The fourth-order valence-corrected chi connectivity index (χ4v) is 4.07. The molecule has 0 fully saturated rings. The lowest BCUT2D eigenvalue weighted by atomic mass is 10.1. The molecule has 1 aliphatic rings. The summed E-state index contributed by atoms with van der Waals surface area (Å²) < 4.78 is 5.45. The van der Waals surface area contributed by atoms with Crippen LogP contribution in [0.1, 0.15) is 41.7 Å². The number of thiazole rings is 1. The highest BCUT2D eigenvalue weighted by Gasteiger charge is 2.28. The van der Waals surface area contributed by atoms with Crippen molar-refractivity contribution in [1.29, 1.82) is 0 Å². The smallest absolute Gasteiger partial charge is 0.410 e. The van der Waals surface area contributed by atoms with Gasteiger partial charge in [0.25, 0.3) is 5.91 Å². The quantitative estimate of drug-likeness (QED) is 0.686. The van der Waals surface area contributed by atoms with Crippen molar-refractivity contribution in [1.82, 2.24) is 20.1 Å². The molecule has 0 radical (unpaired) electrons. The van der Waals surface area contributed by atoms with Gasteiger partial charge in [-0.2, -0.15) is 5.10 Å². The van der Waals surface area contributed by atoms with Crippen LogP contribution in [0.15, 0.2) is 24.4 Å². The molecule has 0 atom stereocenters. The Bertz CT molecular complexity index is 1050. The molecule has 28 heavy (non-hydrogen) atoms. The van der Waals surface area contributed by atoms with Gasteiger partial charge in [-0.1, -0.05) is 23.5 Å². The monoisotopic (exact) mass is 399 g/mol. The predicted octanol–water partition coefficient (Wildman–Crippen LogP) is 3.56. The Hall–Kier alpha value is -2.94. The van der Waals surface area contributed by atoms with Gasteiger partial charge in [0.15, 0.2) is 5.13 Å². The van der Waals surface area contributed by atoms with E-state index in [2.05, 4.69) is 20.5 Å². The van der Waals surface area contributed by atoms with Gasteiger partial charge in [0, 0.05) is 23.2 Å². The fourth-order valence-electron chi connectivity index (χ4n) is 3.05. The van der Waals surface area contributed by atoms with Gasteiger partial charge < -0.3 is 9.64 Å². The van der Waals surface area contributed by atoms with E-state index >= 15 is 0 Å². The minimum Gasteiger partial charge on any atom is -0.444 e. The van der Waals surface area contributed by atoms with Crippen LogP contribution in [0.25, 0.3) is 10.9 Å². The number of fused-ring (bicyclic) bond motifs is 2. The van der Waals surface area contributed by atoms with Gasteiger partial charge >= 0.3 is 6.09 Å². The molecule has 1 aliphatic heterocycles. The van der Waals surface area contributed by atoms with Crippen molar-refractivity contribution >= 4 is 39.4 Å². The van der Waals surface area contributed by atoms with Crippen LogP contribution in [0, 0.1) is 0 Å². The van der Waals surface area contributed by atoms with E-state index in [-0.39, 0.29) is 12.0 Å². The second-order valence-electron chi connectivity index (χ2n) is 7.63. The van der Waals surface area contributed by atoms with Crippen LogP contribution in [0.2, 0.25) is 0 Å². The molecule has 2 N–H and O–H groups in total. The number of H-pyrrole nitrogens is 1. The number of anilines is 1. The zero-order valence-corrected chi connectivity index (χ0v) is 16.7. The highest BCUT2D eigenvalue weighted by atomic mass is 32.1. The standard InChI is InChI=1S/C19H21N5O3S/c1-19(2,3)27-18(26)24-8-7-13-14(10-24)28-17(21-13)22-16(25)12-6-4-5-11-9-20-23-15(11)12/h4-6,9H,7-8,10H2,1-3H3,(H,20,23)(H,21,22,25). The number of nitrogens with zero attached hydrogens (tertiary/aromatic N) is 3. The number of hydrogen-bond acceptors (Lipinski definition) is 6. The molecule has 0 saturated carbocycles. The third-order valence-electron chi connectivity index (χ3n) is 4.32. The number of carbonyl (C=O) groups is 2. The number of aromatic amines is 1. The van der Waals surface area contributed by atoms with Crippen molar-refractivity contribution in [3.05, 3.63) is 40.5 Å². The maximum absolute atomic E-state index is 12.7. The Morgan fingerprint density at radius 1 is 1.32 bits per heavy atom. The second kappa shape index (κ2) is 6.90. The van der Waals surface area contributed by atoms with E-state index in [1.54, 1.807) is 17.2 Å². The van der Waals surface area contributed by atoms with Gasteiger partial charge in [-0.25, -0.2) is 9.78 Å². The number of benzene rings is 1. The summed E-state index contributed by atoms with van der Waals surface area (Å²) in [6.45, 7) is 6.53. The molecule has 0 bridgehead atoms. The minimum atomic E-state index is -0.530. The van der Waals surface area contributed by atoms with Crippen molar-refractivity contribution in [3.63, 3.8) is 0 Å². The Balaban J connectivity index is 1.48. The number of para-hydroxylation sites is 1. The summed E-state index contributed by atoms with van der Waals surface area (Å²) in [4.78, 5) is 32.2. The molecule has 8 nitrogen and oxygen atoms in total. The maximum Gasteiger partial charge on any atom is 0.410 e. The number of nitrogens with one attached hydrogen (secondary N) is 2. The van der Waals surface area contributed by atoms with Crippen molar-refractivity contribution in [2.24, 2.45) is 0 Å². The Kier molecular flexibility index (Phi) is 4.54. The molecule has 2 amide bonds. The molecular weight excluding hydrogens is 378 g/mol. The first kappa shape index (κ1) is 18.4. The van der Waals surface area contributed by atoms with Crippen LogP contribution in [0.5, 0.6) is 0 Å². The zero-order chi connectivity index (χ0) is 19.9. The largest absolute Gasteiger partial charge is 0.444 e. The van der Waals surface area contributed by atoms with E-state index in [0.717, 1.165) is 16.0 Å². The molecule has 3 aromatic rings. The lowest BCUT2D eigenvalue weighted by molar-refractivity contribution is 0.0225. The molecule has 0 aliphatic carbocycles. The third-order valence-corrected chi connectivity index (χ3v) is 5.32. The van der Waals surface area contributed by atoms with Crippen molar-refractivity contribution in [3.8, 4) is 0 Å². The number of amides is 2. The topological polar surface area (TPSA) is 100 Å². The minimum absolute atomic E-state index is 0.245. The fraction of sp³-hybridized carbons (Fsp3) is 0.368. The summed E-state index contributed by atoms with van der Waals surface area (Å²) in [5.74, 6) is -0.245. The number of ether oxygens (including phenoxy) is 1. The van der Waals surface area contributed by atoms with Crippen molar-refractivity contribution in [2.45, 2.75) is 39.3 Å². The second-order valence-corrected chi connectivity index (χ2v) is 8.72. The van der Waals surface area contributed by atoms with Gasteiger partial charge in [-0.3, -0.25) is 15.2 Å². The molecule has 2 aromatic heterocycles. The van der Waals surface area contributed by atoms with Crippen LogP contribution >= 0.6 is 11.3 Å². The molecule has 146 valence electrons. The lowest BCUT2D eigenvalue weighted by Crippen LogP contribution is -2.39. The van der Waals surface area contributed by atoms with Crippen LogP contribution in [-0.4, -0.2) is 44.2 Å². The Labute approximate surface area is 165 Å². The number of aromatic nitrogens is 3. The van der Waals surface area contributed by atoms with Gasteiger partial charge in [-0.15, -0.1) is 0 Å². The molecular formula is C19H21N5O3S. The highest BCUT2D eigenvalue weighted by molar-refractivity contribution is 7.15.